The zero-order chi connectivity index (χ0) is 9.07. The maximum Gasteiger partial charge on any atom is 0.116 e. The second-order valence-electron chi connectivity index (χ2n) is 2.86. The Morgan fingerprint density at radius 1 is 1.42 bits per heavy atom. The summed E-state index contributed by atoms with van der Waals surface area (Å²) in [7, 11) is 1.90. The van der Waals surface area contributed by atoms with Crippen molar-refractivity contribution in [2.45, 2.75) is 33.2 Å². The van der Waals surface area contributed by atoms with E-state index >= 15 is 0 Å². The van der Waals surface area contributed by atoms with Crippen LogP contribution in [0.2, 0.25) is 0 Å². The predicted molar refractivity (Wildman–Crippen MR) is 46.8 cm³/mol. The third-order valence-corrected chi connectivity index (χ3v) is 2.39. The van der Waals surface area contributed by atoms with Crippen molar-refractivity contribution in [3.63, 3.8) is 0 Å². The molecule has 0 rings (SSSR count). The van der Waals surface area contributed by atoms with Crippen molar-refractivity contribution in [2.75, 3.05) is 7.05 Å². The van der Waals surface area contributed by atoms with Gasteiger partial charge < -0.3 is 16.1 Å². The first-order valence-electron chi connectivity index (χ1n) is 3.83. The van der Waals surface area contributed by atoms with Crippen LogP contribution in [0.1, 0.15) is 27.7 Å². The van der Waals surface area contributed by atoms with E-state index in [0.29, 0.717) is 0 Å². The smallest absolute Gasteiger partial charge is 0.116 e. The topological polar surface area (TPSA) is 20.3 Å². The van der Waals surface area contributed by atoms with Gasteiger partial charge in [0.2, 0.25) is 0 Å². The molecule has 0 saturated heterocycles. The summed E-state index contributed by atoms with van der Waals surface area (Å²) in [5.74, 6) is 0.167. The van der Waals surface area contributed by atoms with Crippen LogP contribution in [-0.4, -0.2) is 23.3 Å². The number of carbonyl (C=O) groups excluding carboxylic acids is 1. The molecular formula is C9H17NOY-2. The summed E-state index contributed by atoms with van der Waals surface area (Å²) in [6.07, 6.45) is 1.91. The minimum absolute atomic E-state index is 0. The molecule has 0 aliphatic heterocycles. The maximum absolute atomic E-state index is 11.2. The predicted octanol–water partition coefficient (Wildman–Crippen LogP) is 1.67. The van der Waals surface area contributed by atoms with Gasteiger partial charge in [0.1, 0.15) is 5.78 Å². The molecule has 0 amide bonds. The number of rotatable bonds is 4. The molecule has 12 heavy (non-hydrogen) atoms. The Morgan fingerprint density at radius 2 is 1.83 bits per heavy atom. The van der Waals surface area contributed by atoms with Crippen LogP contribution < -0.4 is 0 Å². The van der Waals surface area contributed by atoms with Gasteiger partial charge in [-0.25, -0.2) is 0 Å². The molecule has 0 aromatic rings. The molecule has 0 N–H and O–H groups in total. The Labute approximate surface area is 101 Å². The van der Waals surface area contributed by atoms with E-state index in [1.807, 2.05) is 45.7 Å². The van der Waals surface area contributed by atoms with Crippen LogP contribution in [0.25, 0.3) is 0 Å². The number of nitrogens with zero attached hydrogens (tertiary/aromatic N) is 1. The molecule has 0 spiro atoms. The first-order chi connectivity index (χ1) is 4.99. The molecule has 3 heteroatoms. The Bertz CT molecular complexity index is 149. The average molecular weight is 244 g/mol. The van der Waals surface area contributed by atoms with Crippen LogP contribution in [0, 0.1) is 13.0 Å². The molecule has 0 fully saturated rings. The fourth-order valence-electron chi connectivity index (χ4n) is 0.923. The van der Waals surface area contributed by atoms with Crippen molar-refractivity contribution in [3.8, 4) is 0 Å². The van der Waals surface area contributed by atoms with Crippen molar-refractivity contribution in [2.24, 2.45) is 0 Å². The number of hydrogen-bond acceptors (Lipinski definition) is 2. The van der Waals surface area contributed by atoms with Gasteiger partial charge in [-0.1, -0.05) is 12.5 Å². The quantitative estimate of drug-likeness (QED) is 0.701. The Kier molecular flexibility index (Phi) is 7.90. The van der Waals surface area contributed by atoms with Crippen LogP contribution in [0.5, 0.6) is 0 Å². The first-order valence-corrected chi connectivity index (χ1v) is 3.83. The molecule has 2 nitrogen and oxygen atoms in total. The Balaban J connectivity index is 0. The van der Waals surface area contributed by atoms with E-state index in [4.69, 9.17) is 0 Å². The van der Waals surface area contributed by atoms with E-state index in [9.17, 15) is 4.79 Å². The Hall–Kier alpha value is 0.734. The zero-order valence-corrected chi connectivity index (χ0v) is 11.4. The molecule has 0 aliphatic rings. The van der Waals surface area contributed by atoms with E-state index in [2.05, 4.69) is 0 Å². The van der Waals surface area contributed by atoms with E-state index in [1.54, 1.807) is 6.92 Å². The van der Waals surface area contributed by atoms with Crippen molar-refractivity contribution in [1.82, 2.24) is 4.90 Å². The normalized spacial score (nSPS) is 15.2. The minimum atomic E-state index is -0.436. The summed E-state index contributed by atoms with van der Waals surface area (Å²) in [6, 6.07) is 0. The molecule has 1 unspecified atom stereocenters. The maximum atomic E-state index is 11.2. The molecular weight excluding hydrogens is 227 g/mol. The van der Waals surface area contributed by atoms with Crippen molar-refractivity contribution in [3.05, 3.63) is 13.0 Å². The van der Waals surface area contributed by atoms with Gasteiger partial charge in [0.15, 0.2) is 0 Å². The Morgan fingerprint density at radius 3 is 1.92 bits per heavy atom. The second-order valence-corrected chi connectivity index (χ2v) is 2.86. The van der Waals surface area contributed by atoms with Gasteiger partial charge in [-0.3, -0.25) is 6.54 Å². The summed E-state index contributed by atoms with van der Waals surface area (Å²) in [4.78, 5) is 13.1. The van der Waals surface area contributed by atoms with Crippen molar-refractivity contribution in [1.29, 1.82) is 0 Å². The number of carbonyl (C=O) groups is 1. The van der Waals surface area contributed by atoms with Crippen LogP contribution in [0.15, 0.2) is 0 Å². The van der Waals surface area contributed by atoms with Crippen LogP contribution in [-0.2, 0) is 37.5 Å². The van der Waals surface area contributed by atoms with Gasteiger partial charge in [0, 0.05) is 32.7 Å². The van der Waals surface area contributed by atoms with Gasteiger partial charge in [0.25, 0.3) is 0 Å². The molecule has 0 aromatic heterocycles. The zero-order valence-electron chi connectivity index (χ0n) is 8.59. The SMILES string of the molecule is C[CH-]N(C)C(C)([CH-]C)C(C)=O.[Y]. The molecule has 0 heterocycles. The van der Waals surface area contributed by atoms with Gasteiger partial charge in [-0.2, -0.15) is 13.8 Å². The number of Topliss-reactive ketones (excluding diaryl/α,β-unsaturated/α-hetero) is 1. The van der Waals surface area contributed by atoms with Crippen LogP contribution in [0.4, 0.5) is 0 Å². The van der Waals surface area contributed by atoms with Crippen molar-refractivity contribution < 1.29 is 37.5 Å². The molecule has 0 aromatic carbocycles. The van der Waals surface area contributed by atoms with Gasteiger partial charge >= 0.3 is 0 Å². The minimum Gasteiger partial charge on any atom is -0.474 e. The molecule has 1 atom stereocenters. The van der Waals surface area contributed by atoms with E-state index < -0.39 is 5.54 Å². The van der Waals surface area contributed by atoms with Gasteiger partial charge in [-0.05, 0) is 14.0 Å². The monoisotopic (exact) mass is 244 g/mol. The summed E-state index contributed by atoms with van der Waals surface area (Å²) in [5.41, 5.74) is -0.436. The van der Waals surface area contributed by atoms with Gasteiger partial charge in [0.05, 0.1) is 0 Å². The van der Waals surface area contributed by atoms with Crippen LogP contribution >= 0.6 is 0 Å². The largest absolute Gasteiger partial charge is 0.474 e. The fourth-order valence-corrected chi connectivity index (χ4v) is 0.923. The van der Waals surface area contributed by atoms with E-state index in [1.165, 1.54) is 0 Å². The van der Waals surface area contributed by atoms with Crippen molar-refractivity contribution >= 4 is 5.78 Å². The summed E-state index contributed by atoms with van der Waals surface area (Å²) in [5, 5.41) is 0. The molecule has 0 saturated carbocycles. The number of likely N-dealkylation sites (N-methyl/N-ethyl adjacent to an activating group) is 1. The van der Waals surface area contributed by atoms with Crippen LogP contribution in [0.3, 0.4) is 0 Å². The first kappa shape index (κ1) is 15.2. The third kappa shape index (κ3) is 3.23. The van der Waals surface area contributed by atoms with E-state index in [-0.39, 0.29) is 38.5 Å². The molecule has 69 valence electrons. The molecule has 0 bridgehead atoms. The van der Waals surface area contributed by atoms with E-state index in [0.717, 1.165) is 0 Å². The van der Waals surface area contributed by atoms with Gasteiger partial charge in [-0.15, -0.1) is 0 Å². The molecule has 0 aliphatic carbocycles. The summed E-state index contributed by atoms with van der Waals surface area (Å²) >= 11 is 0. The summed E-state index contributed by atoms with van der Waals surface area (Å²) < 4.78 is 0. The number of ketones is 1. The third-order valence-electron chi connectivity index (χ3n) is 2.39. The second kappa shape index (κ2) is 6.23. The standard InChI is InChI=1S/C9H17NO.Y/c1-6-9(4,8(3)11)10(5)7-2;/h6-7H,1-5H3;/q-2;. The molecule has 1 radical (unpaired) electrons. The number of hydrogen-bond donors (Lipinski definition) is 0. The summed E-state index contributed by atoms with van der Waals surface area (Å²) in [6.45, 7) is 9.25. The fraction of sp³-hybridized carbons (Fsp3) is 0.667. The average Bonchev–Trinajstić information content (AvgIpc) is 2.01.